The molecule has 0 aliphatic carbocycles. The highest BCUT2D eigenvalue weighted by Crippen LogP contribution is 2.48. The van der Waals surface area contributed by atoms with Gasteiger partial charge in [-0.15, -0.1) is 0 Å². The summed E-state index contributed by atoms with van der Waals surface area (Å²) in [5.41, 5.74) is 0. The van der Waals surface area contributed by atoms with Crippen molar-refractivity contribution in [3.05, 3.63) is 0 Å². The Bertz CT molecular complexity index is 424. The minimum Gasteiger partial charge on any atom is -0.382 e. The summed E-state index contributed by atoms with van der Waals surface area (Å²) in [6, 6.07) is 0. The van der Waals surface area contributed by atoms with Crippen LogP contribution in [0.15, 0.2) is 0 Å². The predicted molar refractivity (Wildman–Crippen MR) is 87.9 cm³/mol. The maximum atomic E-state index is 10.3. The van der Waals surface area contributed by atoms with Crippen molar-refractivity contribution in [1.82, 2.24) is 0 Å². The highest BCUT2D eigenvalue weighted by atomic mass is 32.5. The number of methoxy groups -OCH3 is 2. The van der Waals surface area contributed by atoms with E-state index in [1.807, 2.05) is 13.8 Å². The molecule has 2 heterocycles. The Kier molecular flexibility index (Phi) is 7.40. The maximum Gasteiger partial charge on any atom is 0.324 e. The van der Waals surface area contributed by atoms with Crippen LogP contribution in [0.25, 0.3) is 0 Å². The summed E-state index contributed by atoms with van der Waals surface area (Å²) in [7, 11) is 3.23. The minimum atomic E-state index is -3.38. The van der Waals surface area contributed by atoms with Gasteiger partial charge in [0.1, 0.15) is 12.2 Å². The van der Waals surface area contributed by atoms with Gasteiger partial charge in [0.15, 0.2) is 0 Å². The predicted octanol–water partition coefficient (Wildman–Crippen LogP) is 1.62. The number of hydrogen-bond acceptors (Lipinski definition) is 7. The molecule has 0 amide bonds. The summed E-state index contributed by atoms with van der Waals surface area (Å²) in [5, 5.41) is 0. The van der Waals surface area contributed by atoms with Crippen molar-refractivity contribution in [3.63, 3.8) is 0 Å². The third kappa shape index (κ3) is 5.70. The fourth-order valence-electron chi connectivity index (χ4n) is 3.03. The van der Waals surface area contributed by atoms with Gasteiger partial charge in [-0.25, -0.2) is 0 Å². The molecule has 0 aromatic carbocycles. The Hall–Kier alpha value is 0.370. The molecule has 7 atom stereocenters. The fraction of sp³-hybridized carbons (Fsp3) is 1.00. The molecule has 0 radical (unpaired) electrons. The van der Waals surface area contributed by atoms with Crippen molar-refractivity contribution in [1.29, 1.82) is 0 Å². The van der Waals surface area contributed by atoms with Crippen LogP contribution in [0.2, 0.25) is 0 Å². The number of hydrogen-bond donors (Lipinski definition) is 1. The van der Waals surface area contributed by atoms with E-state index in [9.17, 15) is 4.89 Å². The van der Waals surface area contributed by atoms with E-state index in [0.717, 1.165) is 6.42 Å². The molecule has 0 aromatic heterocycles. The SMILES string of the molecule is COC[C@H]1O[C@@H](C)C[C@@H]1OP(O)(=S)OC[C@H]1O[C@@H](C)C[C@@H]1OC. The third-order valence-corrected chi connectivity index (χ3v) is 5.66. The second-order valence-corrected chi connectivity index (χ2v) is 8.87. The maximum absolute atomic E-state index is 10.3. The van der Waals surface area contributed by atoms with Gasteiger partial charge in [0, 0.05) is 27.1 Å². The fourth-order valence-corrected chi connectivity index (χ4v) is 4.50. The van der Waals surface area contributed by atoms with Crippen LogP contribution in [-0.4, -0.2) is 69.0 Å². The van der Waals surface area contributed by atoms with Gasteiger partial charge in [-0.3, -0.25) is 0 Å². The molecule has 2 aliphatic heterocycles. The highest BCUT2D eigenvalue weighted by Gasteiger charge is 2.39. The lowest BCUT2D eigenvalue weighted by atomic mass is 10.1. The molecule has 0 bridgehead atoms. The van der Waals surface area contributed by atoms with E-state index in [1.165, 1.54) is 0 Å². The monoisotopic (exact) mass is 370 g/mol. The van der Waals surface area contributed by atoms with Gasteiger partial charge < -0.3 is 32.9 Å². The second-order valence-electron chi connectivity index (χ2n) is 6.08. The molecule has 0 aromatic rings. The van der Waals surface area contributed by atoms with E-state index >= 15 is 0 Å². The zero-order valence-electron chi connectivity index (χ0n) is 14.0. The molecule has 0 spiro atoms. The lowest BCUT2D eigenvalue weighted by Crippen LogP contribution is -2.30. The Morgan fingerprint density at radius 1 is 1.04 bits per heavy atom. The topological polar surface area (TPSA) is 75.6 Å². The van der Waals surface area contributed by atoms with Crippen molar-refractivity contribution in [3.8, 4) is 0 Å². The summed E-state index contributed by atoms with van der Waals surface area (Å²) in [6.45, 7) is 1.08. The van der Waals surface area contributed by atoms with E-state index in [-0.39, 0.29) is 43.2 Å². The van der Waals surface area contributed by atoms with Crippen molar-refractivity contribution < 1.29 is 32.9 Å². The van der Waals surface area contributed by atoms with Crippen LogP contribution in [0, 0.1) is 0 Å². The molecule has 2 aliphatic rings. The Morgan fingerprint density at radius 2 is 1.61 bits per heavy atom. The Labute approximate surface area is 142 Å². The van der Waals surface area contributed by atoms with Gasteiger partial charge >= 0.3 is 6.72 Å². The number of rotatable bonds is 8. The van der Waals surface area contributed by atoms with E-state index in [4.69, 9.17) is 39.8 Å². The summed E-state index contributed by atoms with van der Waals surface area (Å²) in [4.78, 5) is 10.3. The van der Waals surface area contributed by atoms with Gasteiger partial charge in [-0.2, -0.15) is 0 Å². The average Bonchev–Trinajstić information content (AvgIpc) is 2.99. The van der Waals surface area contributed by atoms with E-state index in [2.05, 4.69) is 0 Å². The van der Waals surface area contributed by atoms with Crippen molar-refractivity contribution in [2.24, 2.45) is 0 Å². The molecule has 1 unspecified atom stereocenters. The first kappa shape index (κ1) is 19.7. The molecule has 2 saturated heterocycles. The van der Waals surface area contributed by atoms with Crippen LogP contribution in [0.1, 0.15) is 26.7 Å². The van der Waals surface area contributed by atoms with Crippen molar-refractivity contribution in [2.45, 2.75) is 63.3 Å². The van der Waals surface area contributed by atoms with Crippen LogP contribution in [0.5, 0.6) is 0 Å². The lowest BCUT2D eigenvalue weighted by molar-refractivity contribution is -0.0392. The third-order valence-electron chi connectivity index (χ3n) is 4.08. The van der Waals surface area contributed by atoms with Gasteiger partial charge in [-0.1, -0.05) is 0 Å². The standard InChI is InChI=1S/C14H27O7PS/c1-9-5-11(17-4)14(20-9)8-18-22(15,23)21-12-6-10(2)19-13(12)7-16-3/h9-14H,5-8H2,1-4H3,(H,15,23)/t9-,10-,11-,12-,13+,14+,22?/m0/s1. The summed E-state index contributed by atoms with van der Waals surface area (Å²) >= 11 is 5.12. The van der Waals surface area contributed by atoms with Crippen LogP contribution in [0.4, 0.5) is 0 Å². The molecule has 136 valence electrons. The molecule has 23 heavy (non-hydrogen) atoms. The normalized spacial score (nSPS) is 40.4. The van der Waals surface area contributed by atoms with Gasteiger partial charge in [0.05, 0.1) is 37.6 Å². The van der Waals surface area contributed by atoms with Crippen LogP contribution in [0.3, 0.4) is 0 Å². The molecule has 2 fully saturated rings. The zero-order valence-corrected chi connectivity index (χ0v) is 15.8. The summed E-state index contributed by atoms with van der Waals surface area (Å²) in [6.07, 6.45) is 0.688. The smallest absolute Gasteiger partial charge is 0.324 e. The molecule has 2 rings (SSSR count). The van der Waals surface area contributed by atoms with Crippen LogP contribution < -0.4 is 0 Å². The molecule has 1 N–H and O–H groups in total. The molecule has 9 heteroatoms. The molecular formula is C14H27O7PS. The quantitative estimate of drug-likeness (QED) is 0.646. The summed E-state index contributed by atoms with van der Waals surface area (Å²) < 4.78 is 33.0. The van der Waals surface area contributed by atoms with Gasteiger partial charge in [0.25, 0.3) is 0 Å². The van der Waals surface area contributed by atoms with E-state index in [0.29, 0.717) is 13.0 Å². The first-order chi connectivity index (χ1) is 10.8. The van der Waals surface area contributed by atoms with Crippen molar-refractivity contribution in [2.75, 3.05) is 27.4 Å². The van der Waals surface area contributed by atoms with Gasteiger partial charge in [-0.05, 0) is 25.7 Å². The Morgan fingerprint density at radius 3 is 2.17 bits per heavy atom. The van der Waals surface area contributed by atoms with E-state index in [1.54, 1.807) is 14.2 Å². The molecular weight excluding hydrogens is 343 g/mol. The van der Waals surface area contributed by atoms with E-state index < -0.39 is 6.72 Å². The van der Waals surface area contributed by atoms with Crippen LogP contribution in [-0.2, 0) is 39.8 Å². The number of ether oxygens (including phenoxy) is 4. The zero-order chi connectivity index (χ0) is 17.0. The lowest BCUT2D eigenvalue weighted by Gasteiger charge is -2.25. The average molecular weight is 370 g/mol. The Balaban J connectivity index is 1.85. The first-order valence-corrected chi connectivity index (χ1v) is 10.4. The molecule has 0 saturated carbocycles. The second kappa shape index (κ2) is 8.65. The minimum absolute atomic E-state index is 0.0343. The first-order valence-electron chi connectivity index (χ1n) is 7.83. The summed E-state index contributed by atoms with van der Waals surface area (Å²) in [5.74, 6) is 0. The van der Waals surface area contributed by atoms with Crippen LogP contribution >= 0.6 is 6.72 Å². The molecule has 7 nitrogen and oxygen atoms in total. The largest absolute Gasteiger partial charge is 0.382 e. The van der Waals surface area contributed by atoms with Crippen molar-refractivity contribution >= 4 is 18.5 Å². The van der Waals surface area contributed by atoms with Gasteiger partial charge in [0.2, 0.25) is 0 Å². The highest BCUT2D eigenvalue weighted by molar-refractivity contribution is 8.07.